The molecule has 0 saturated heterocycles. The van der Waals surface area contributed by atoms with Gasteiger partial charge in [0, 0.05) is 5.02 Å². The van der Waals surface area contributed by atoms with Crippen molar-refractivity contribution >= 4 is 11.6 Å². The Bertz CT molecular complexity index is 745. The molecule has 0 N–H and O–H groups in total. The molecule has 0 aliphatic rings. The number of hydrogen-bond acceptors (Lipinski definition) is 0. The predicted molar refractivity (Wildman–Crippen MR) is 90.7 cm³/mol. The summed E-state index contributed by atoms with van der Waals surface area (Å²) in [5, 5.41) is 0.824. The van der Waals surface area contributed by atoms with Gasteiger partial charge in [-0.15, -0.1) is 0 Å². The third kappa shape index (κ3) is 3.55. The van der Waals surface area contributed by atoms with Gasteiger partial charge in [0.05, 0.1) is 0 Å². The van der Waals surface area contributed by atoms with Gasteiger partial charge in [0.15, 0.2) is 0 Å². The Morgan fingerprint density at radius 3 is 1.91 bits per heavy atom. The summed E-state index contributed by atoms with van der Waals surface area (Å²) in [6, 6.07) is 22.9. The molecule has 0 amide bonds. The Hall–Kier alpha value is -2.12. The lowest BCUT2D eigenvalue weighted by atomic mass is 10.0. The summed E-state index contributed by atoms with van der Waals surface area (Å²) in [7, 11) is 0. The molecule has 0 saturated carbocycles. The topological polar surface area (TPSA) is 0 Å². The van der Waals surface area contributed by atoms with Gasteiger partial charge < -0.3 is 0 Å². The highest BCUT2D eigenvalue weighted by Gasteiger charge is 2.02. The highest BCUT2D eigenvalue weighted by atomic mass is 35.5. The first kappa shape index (κ1) is 14.8. The summed E-state index contributed by atoms with van der Waals surface area (Å²) in [5.41, 5.74) is 4.57. The van der Waals surface area contributed by atoms with Crippen LogP contribution < -0.4 is 0 Å². The molecule has 0 radical (unpaired) electrons. The minimum atomic E-state index is -0.208. The first-order chi connectivity index (χ1) is 10.7. The third-order valence-corrected chi connectivity index (χ3v) is 4.14. The molecule has 3 aromatic carbocycles. The molecule has 22 heavy (non-hydrogen) atoms. The van der Waals surface area contributed by atoms with Gasteiger partial charge in [-0.05, 0) is 53.3 Å². The van der Waals surface area contributed by atoms with Crippen LogP contribution in [0, 0.1) is 5.82 Å². The third-order valence-electron chi connectivity index (χ3n) is 3.77. The van der Waals surface area contributed by atoms with E-state index >= 15 is 0 Å². The fraction of sp³-hybridized carbons (Fsp3) is 0.100. The second kappa shape index (κ2) is 6.76. The molecular formula is C20H16ClF. The zero-order valence-corrected chi connectivity index (χ0v) is 12.9. The van der Waals surface area contributed by atoms with Crippen LogP contribution in [0.5, 0.6) is 0 Å². The number of benzene rings is 3. The van der Waals surface area contributed by atoms with Crippen LogP contribution in [0.3, 0.4) is 0 Å². The lowest BCUT2D eigenvalue weighted by Crippen LogP contribution is -1.92. The molecule has 110 valence electrons. The zero-order valence-electron chi connectivity index (χ0n) is 12.1. The van der Waals surface area contributed by atoms with Gasteiger partial charge in [-0.3, -0.25) is 0 Å². The second-order valence-electron chi connectivity index (χ2n) is 5.30. The Morgan fingerprint density at radius 2 is 1.27 bits per heavy atom. The lowest BCUT2D eigenvalue weighted by Gasteiger charge is -2.06. The van der Waals surface area contributed by atoms with Crippen LogP contribution in [0.25, 0.3) is 11.1 Å². The maximum Gasteiger partial charge on any atom is 0.123 e. The van der Waals surface area contributed by atoms with Crippen molar-refractivity contribution in [3.63, 3.8) is 0 Å². The SMILES string of the molecule is Fc1ccc(-c2ccc(CCc3ccccc3Cl)cc2)cc1. The molecular weight excluding hydrogens is 295 g/mol. The molecule has 0 spiro atoms. The highest BCUT2D eigenvalue weighted by molar-refractivity contribution is 6.31. The second-order valence-corrected chi connectivity index (χ2v) is 5.70. The summed E-state index contributed by atoms with van der Waals surface area (Å²) in [6.45, 7) is 0. The van der Waals surface area contributed by atoms with Gasteiger partial charge in [0.25, 0.3) is 0 Å². The van der Waals surface area contributed by atoms with E-state index < -0.39 is 0 Å². The van der Waals surface area contributed by atoms with Crippen LogP contribution in [0.1, 0.15) is 11.1 Å². The fourth-order valence-electron chi connectivity index (χ4n) is 2.49. The van der Waals surface area contributed by atoms with Gasteiger partial charge in [-0.2, -0.15) is 0 Å². The first-order valence-corrected chi connectivity index (χ1v) is 7.68. The zero-order chi connectivity index (χ0) is 15.4. The van der Waals surface area contributed by atoms with E-state index in [1.54, 1.807) is 12.1 Å². The Kier molecular flexibility index (Phi) is 4.55. The van der Waals surface area contributed by atoms with Crippen molar-refractivity contribution in [2.75, 3.05) is 0 Å². The minimum absolute atomic E-state index is 0.208. The van der Waals surface area contributed by atoms with E-state index in [4.69, 9.17) is 11.6 Å². The van der Waals surface area contributed by atoms with Crippen LogP contribution in [-0.2, 0) is 12.8 Å². The van der Waals surface area contributed by atoms with Crippen LogP contribution >= 0.6 is 11.6 Å². The van der Waals surface area contributed by atoms with E-state index in [-0.39, 0.29) is 5.82 Å². The van der Waals surface area contributed by atoms with Gasteiger partial charge >= 0.3 is 0 Å². The number of halogens is 2. The average molecular weight is 311 g/mol. The molecule has 3 aromatic rings. The summed E-state index contributed by atoms with van der Waals surface area (Å²) >= 11 is 6.18. The fourth-order valence-corrected chi connectivity index (χ4v) is 2.72. The van der Waals surface area contributed by atoms with E-state index in [9.17, 15) is 4.39 Å². The van der Waals surface area contributed by atoms with Crippen molar-refractivity contribution in [1.29, 1.82) is 0 Å². The molecule has 0 bridgehead atoms. The molecule has 2 heteroatoms. The van der Waals surface area contributed by atoms with E-state index in [1.165, 1.54) is 23.3 Å². The number of aryl methyl sites for hydroxylation is 2. The van der Waals surface area contributed by atoms with Crippen molar-refractivity contribution in [3.8, 4) is 11.1 Å². The molecule has 0 unspecified atom stereocenters. The molecule has 0 aromatic heterocycles. The maximum absolute atomic E-state index is 12.9. The van der Waals surface area contributed by atoms with Crippen molar-refractivity contribution in [1.82, 2.24) is 0 Å². The summed E-state index contributed by atoms with van der Waals surface area (Å²) in [6.07, 6.45) is 1.88. The molecule has 0 atom stereocenters. The lowest BCUT2D eigenvalue weighted by molar-refractivity contribution is 0.628. The monoisotopic (exact) mass is 310 g/mol. The molecule has 0 aliphatic carbocycles. The molecule has 0 fully saturated rings. The van der Waals surface area contributed by atoms with Gasteiger partial charge in [0.1, 0.15) is 5.82 Å². The van der Waals surface area contributed by atoms with Crippen molar-refractivity contribution in [2.24, 2.45) is 0 Å². The van der Waals surface area contributed by atoms with E-state index in [0.717, 1.165) is 29.0 Å². The summed E-state index contributed by atoms with van der Waals surface area (Å²) in [4.78, 5) is 0. The molecule has 0 aliphatic heterocycles. The largest absolute Gasteiger partial charge is 0.207 e. The molecule has 0 heterocycles. The Balaban J connectivity index is 1.69. The van der Waals surface area contributed by atoms with E-state index in [1.807, 2.05) is 18.2 Å². The first-order valence-electron chi connectivity index (χ1n) is 7.31. The normalized spacial score (nSPS) is 10.6. The minimum Gasteiger partial charge on any atom is -0.207 e. The van der Waals surface area contributed by atoms with Crippen molar-refractivity contribution in [2.45, 2.75) is 12.8 Å². The Labute approximate surface area is 135 Å². The molecule has 3 rings (SSSR count). The van der Waals surface area contributed by atoms with Crippen molar-refractivity contribution < 1.29 is 4.39 Å². The highest BCUT2D eigenvalue weighted by Crippen LogP contribution is 2.21. The van der Waals surface area contributed by atoms with Crippen LogP contribution in [-0.4, -0.2) is 0 Å². The van der Waals surface area contributed by atoms with E-state index in [0.29, 0.717) is 0 Å². The van der Waals surface area contributed by atoms with Gasteiger partial charge in [0.2, 0.25) is 0 Å². The summed E-state index contributed by atoms with van der Waals surface area (Å²) in [5.74, 6) is -0.208. The number of hydrogen-bond donors (Lipinski definition) is 0. The standard InChI is InChI=1S/C20H16ClF/c21-20-4-2-1-3-18(20)10-7-15-5-8-16(9-6-15)17-11-13-19(22)14-12-17/h1-6,8-9,11-14H,7,10H2. The predicted octanol–water partition coefficient (Wildman–Crippen LogP) is 5.93. The Morgan fingerprint density at radius 1 is 0.682 bits per heavy atom. The quantitative estimate of drug-likeness (QED) is 0.560. The van der Waals surface area contributed by atoms with Crippen LogP contribution in [0.15, 0.2) is 72.8 Å². The van der Waals surface area contributed by atoms with Crippen LogP contribution in [0.4, 0.5) is 4.39 Å². The van der Waals surface area contributed by atoms with Gasteiger partial charge in [-0.1, -0.05) is 66.2 Å². The number of rotatable bonds is 4. The van der Waals surface area contributed by atoms with E-state index in [2.05, 4.69) is 30.3 Å². The summed E-state index contributed by atoms with van der Waals surface area (Å²) < 4.78 is 12.9. The average Bonchev–Trinajstić information content (AvgIpc) is 2.55. The smallest absolute Gasteiger partial charge is 0.123 e. The maximum atomic E-state index is 12.9. The molecule has 0 nitrogen and oxygen atoms in total. The van der Waals surface area contributed by atoms with Crippen LogP contribution in [0.2, 0.25) is 5.02 Å². The van der Waals surface area contributed by atoms with Crippen molar-refractivity contribution in [3.05, 3.63) is 94.8 Å². The van der Waals surface area contributed by atoms with Gasteiger partial charge in [-0.25, -0.2) is 4.39 Å².